The number of nitrogens with zero attached hydrogens (tertiary/aromatic N) is 2. The topological polar surface area (TPSA) is 90.4 Å². The Balaban J connectivity index is 2.23. The van der Waals surface area contributed by atoms with Crippen LogP contribution < -0.4 is 10.1 Å². The van der Waals surface area contributed by atoms with Crippen LogP contribution in [-0.4, -0.2) is 17.2 Å². The second-order valence-electron chi connectivity index (χ2n) is 3.61. The van der Waals surface area contributed by atoms with E-state index in [9.17, 15) is 14.5 Å². The number of hydrogen-bond donors (Lipinski definition) is 1. The minimum absolute atomic E-state index is 0.0194. The molecule has 8 heteroatoms. The Morgan fingerprint density at radius 2 is 2.37 bits per heavy atom. The molecule has 0 bridgehead atoms. The van der Waals surface area contributed by atoms with Gasteiger partial charge in [-0.2, -0.15) is 0 Å². The van der Waals surface area contributed by atoms with Crippen molar-refractivity contribution in [1.82, 2.24) is 5.16 Å². The quantitative estimate of drug-likeness (QED) is 0.660. The molecule has 0 amide bonds. The first-order chi connectivity index (χ1) is 9.11. The lowest BCUT2D eigenvalue weighted by molar-refractivity contribution is -0.385. The molecular weight excluding hydrogens is 257 g/mol. The van der Waals surface area contributed by atoms with Crippen LogP contribution >= 0.6 is 0 Å². The predicted octanol–water partition coefficient (Wildman–Crippen LogP) is 2.34. The molecule has 0 aliphatic rings. The Morgan fingerprint density at radius 1 is 1.58 bits per heavy atom. The molecule has 1 heterocycles. The van der Waals surface area contributed by atoms with E-state index in [4.69, 9.17) is 4.74 Å². The zero-order valence-electron chi connectivity index (χ0n) is 9.92. The van der Waals surface area contributed by atoms with Crippen molar-refractivity contribution in [3.05, 3.63) is 46.1 Å². The monoisotopic (exact) mass is 267 g/mol. The Morgan fingerprint density at radius 3 is 2.95 bits per heavy atom. The fourth-order valence-electron chi connectivity index (χ4n) is 1.50. The maximum absolute atomic E-state index is 13.7. The molecule has 0 saturated heterocycles. The van der Waals surface area contributed by atoms with E-state index in [-0.39, 0.29) is 18.0 Å². The van der Waals surface area contributed by atoms with E-state index in [1.807, 2.05) is 0 Å². The smallest absolute Gasteiger partial charge is 0.313 e. The number of anilines is 1. The van der Waals surface area contributed by atoms with Gasteiger partial charge in [-0.3, -0.25) is 10.1 Å². The van der Waals surface area contributed by atoms with Crippen LogP contribution in [0.15, 0.2) is 29.0 Å². The van der Waals surface area contributed by atoms with E-state index in [1.165, 1.54) is 19.4 Å². The van der Waals surface area contributed by atoms with Gasteiger partial charge in [-0.15, -0.1) is 0 Å². The summed E-state index contributed by atoms with van der Waals surface area (Å²) >= 11 is 0. The molecule has 1 N–H and O–H groups in total. The fraction of sp³-hybridized carbons (Fsp3) is 0.182. The van der Waals surface area contributed by atoms with Crippen LogP contribution in [0, 0.1) is 15.9 Å². The number of aromatic nitrogens is 1. The van der Waals surface area contributed by atoms with Gasteiger partial charge in [-0.25, -0.2) is 4.39 Å². The average Bonchev–Trinajstić information content (AvgIpc) is 2.90. The van der Waals surface area contributed by atoms with Gasteiger partial charge in [0.25, 0.3) is 0 Å². The summed E-state index contributed by atoms with van der Waals surface area (Å²) in [7, 11) is 1.28. The van der Waals surface area contributed by atoms with Crippen molar-refractivity contribution in [2.45, 2.75) is 6.54 Å². The molecule has 0 spiro atoms. The van der Waals surface area contributed by atoms with E-state index in [1.54, 1.807) is 6.07 Å². The van der Waals surface area contributed by atoms with Gasteiger partial charge in [-0.05, 0) is 0 Å². The molecule has 0 aliphatic carbocycles. The van der Waals surface area contributed by atoms with Gasteiger partial charge in [0.1, 0.15) is 12.0 Å². The van der Waals surface area contributed by atoms with E-state index in [2.05, 4.69) is 15.0 Å². The Labute approximate surface area is 107 Å². The molecule has 2 rings (SSSR count). The summed E-state index contributed by atoms with van der Waals surface area (Å²) < 4.78 is 23.2. The summed E-state index contributed by atoms with van der Waals surface area (Å²) in [6.07, 6.45) is 1.39. The number of nitro groups is 1. The molecule has 0 radical (unpaired) electrons. The number of ether oxygens (including phenoxy) is 1. The summed E-state index contributed by atoms with van der Waals surface area (Å²) in [4.78, 5) is 10.00. The number of rotatable bonds is 5. The van der Waals surface area contributed by atoms with Crippen molar-refractivity contribution in [3.63, 3.8) is 0 Å². The van der Waals surface area contributed by atoms with E-state index < -0.39 is 16.4 Å². The molecule has 7 nitrogen and oxygen atoms in total. The number of nitro benzene ring substituents is 1. The molecule has 0 aliphatic heterocycles. The van der Waals surface area contributed by atoms with E-state index in [0.29, 0.717) is 5.69 Å². The summed E-state index contributed by atoms with van der Waals surface area (Å²) in [6, 6.07) is 3.66. The largest absolute Gasteiger partial charge is 0.490 e. The highest BCUT2D eigenvalue weighted by Crippen LogP contribution is 2.32. The molecule has 0 saturated carbocycles. The Hall–Kier alpha value is -2.64. The SMILES string of the molecule is COc1cc(NCc2ccon2)c(F)cc1[N+](=O)[O-]. The molecule has 0 unspecified atom stereocenters. The molecule has 0 atom stereocenters. The molecule has 0 fully saturated rings. The van der Waals surface area contributed by atoms with Crippen LogP contribution in [0.1, 0.15) is 5.69 Å². The summed E-state index contributed by atoms with van der Waals surface area (Å²) in [5.41, 5.74) is 0.245. The minimum Gasteiger partial charge on any atom is -0.490 e. The number of methoxy groups -OCH3 is 1. The van der Waals surface area contributed by atoms with Gasteiger partial charge in [-0.1, -0.05) is 5.16 Å². The van der Waals surface area contributed by atoms with Crippen LogP contribution in [0.2, 0.25) is 0 Å². The lowest BCUT2D eigenvalue weighted by Gasteiger charge is -2.08. The first kappa shape index (κ1) is 12.8. The highest BCUT2D eigenvalue weighted by molar-refractivity contribution is 5.59. The maximum atomic E-state index is 13.7. The predicted molar refractivity (Wildman–Crippen MR) is 63.4 cm³/mol. The third kappa shape index (κ3) is 2.79. The summed E-state index contributed by atoms with van der Waals surface area (Å²) in [5, 5.41) is 17.1. The van der Waals surface area contributed by atoms with Crippen molar-refractivity contribution in [1.29, 1.82) is 0 Å². The summed E-state index contributed by atoms with van der Waals surface area (Å²) in [5.74, 6) is -0.759. The van der Waals surface area contributed by atoms with Crippen molar-refractivity contribution < 1.29 is 18.6 Å². The average molecular weight is 267 g/mol. The van der Waals surface area contributed by atoms with E-state index in [0.717, 1.165) is 6.07 Å². The van der Waals surface area contributed by atoms with Crippen molar-refractivity contribution in [2.75, 3.05) is 12.4 Å². The highest BCUT2D eigenvalue weighted by atomic mass is 19.1. The second kappa shape index (κ2) is 5.34. The van der Waals surface area contributed by atoms with Crippen LogP contribution in [0.3, 0.4) is 0 Å². The van der Waals surface area contributed by atoms with E-state index >= 15 is 0 Å². The van der Waals surface area contributed by atoms with Crippen molar-refractivity contribution in [3.8, 4) is 5.75 Å². The van der Waals surface area contributed by atoms with Gasteiger partial charge in [0.15, 0.2) is 11.6 Å². The normalized spacial score (nSPS) is 10.2. The molecular formula is C11H10FN3O4. The first-order valence-electron chi connectivity index (χ1n) is 5.27. The standard InChI is InChI=1S/C11H10FN3O4/c1-18-11-5-9(8(12)4-10(11)15(16)17)13-6-7-2-3-19-14-7/h2-5,13H,6H2,1H3. The van der Waals surface area contributed by atoms with Gasteiger partial charge in [0.05, 0.1) is 30.3 Å². The number of halogens is 1. The zero-order valence-corrected chi connectivity index (χ0v) is 9.92. The Kier molecular flexibility index (Phi) is 3.60. The van der Waals surface area contributed by atoms with Crippen LogP contribution in [0.4, 0.5) is 15.8 Å². The number of nitrogens with one attached hydrogen (secondary N) is 1. The third-order valence-electron chi connectivity index (χ3n) is 2.42. The minimum atomic E-state index is -0.740. The fourth-order valence-corrected chi connectivity index (χ4v) is 1.50. The molecule has 100 valence electrons. The van der Waals surface area contributed by atoms with Crippen LogP contribution in [0.5, 0.6) is 5.75 Å². The number of hydrogen-bond acceptors (Lipinski definition) is 6. The van der Waals surface area contributed by atoms with Gasteiger partial charge in [0, 0.05) is 12.1 Å². The molecule has 19 heavy (non-hydrogen) atoms. The third-order valence-corrected chi connectivity index (χ3v) is 2.42. The van der Waals surface area contributed by atoms with Gasteiger partial charge >= 0.3 is 5.69 Å². The molecule has 2 aromatic rings. The lowest BCUT2D eigenvalue weighted by Crippen LogP contribution is -2.03. The first-order valence-corrected chi connectivity index (χ1v) is 5.27. The zero-order chi connectivity index (χ0) is 13.8. The Bertz CT molecular complexity index is 586. The highest BCUT2D eigenvalue weighted by Gasteiger charge is 2.19. The van der Waals surface area contributed by atoms with Gasteiger partial charge in [0.2, 0.25) is 0 Å². The van der Waals surface area contributed by atoms with Crippen molar-refractivity contribution >= 4 is 11.4 Å². The maximum Gasteiger partial charge on any atom is 0.313 e. The van der Waals surface area contributed by atoms with Crippen LogP contribution in [-0.2, 0) is 6.54 Å². The molecule has 1 aromatic carbocycles. The number of benzene rings is 1. The lowest BCUT2D eigenvalue weighted by atomic mass is 10.2. The summed E-state index contributed by atoms with van der Waals surface area (Å²) in [6.45, 7) is 0.231. The molecule has 1 aromatic heterocycles. The van der Waals surface area contributed by atoms with Crippen LogP contribution in [0.25, 0.3) is 0 Å². The van der Waals surface area contributed by atoms with Gasteiger partial charge < -0.3 is 14.6 Å². The van der Waals surface area contributed by atoms with Crippen molar-refractivity contribution in [2.24, 2.45) is 0 Å². The second-order valence-corrected chi connectivity index (χ2v) is 3.61.